The normalized spacial score (nSPS) is 11.8. The van der Waals surface area contributed by atoms with Crippen molar-refractivity contribution in [3.63, 3.8) is 0 Å². The third kappa shape index (κ3) is 6.03. The van der Waals surface area contributed by atoms with Crippen LogP contribution in [-0.4, -0.2) is 19.0 Å². The van der Waals surface area contributed by atoms with Crippen molar-refractivity contribution in [2.24, 2.45) is 0 Å². The minimum Gasteiger partial charge on any atom is -0.414 e. The van der Waals surface area contributed by atoms with E-state index >= 15 is 0 Å². The van der Waals surface area contributed by atoms with Crippen molar-refractivity contribution in [1.29, 1.82) is 0 Å². The van der Waals surface area contributed by atoms with Crippen molar-refractivity contribution in [3.05, 3.63) is 125 Å². The number of anilines is 2. The van der Waals surface area contributed by atoms with Crippen LogP contribution in [-0.2, 0) is 4.57 Å². The zero-order valence-corrected chi connectivity index (χ0v) is 20.7. The van der Waals surface area contributed by atoms with Crippen LogP contribution in [0.15, 0.2) is 109 Å². The summed E-state index contributed by atoms with van der Waals surface area (Å²) >= 11 is 0. The first kappa shape index (κ1) is 24.8. The van der Waals surface area contributed by atoms with Gasteiger partial charge in [0.1, 0.15) is 11.5 Å². The van der Waals surface area contributed by atoms with E-state index in [1.165, 1.54) is 12.1 Å². The van der Waals surface area contributed by atoms with E-state index in [-0.39, 0.29) is 5.69 Å². The molecule has 0 heterocycles. The predicted octanol–water partition coefficient (Wildman–Crippen LogP) is 7.12. The van der Waals surface area contributed by atoms with Crippen LogP contribution in [0.3, 0.4) is 0 Å². The molecule has 0 aliphatic heterocycles. The van der Waals surface area contributed by atoms with Crippen LogP contribution in [0.5, 0.6) is 11.5 Å². The van der Waals surface area contributed by atoms with Gasteiger partial charge in [0.2, 0.25) is 0 Å². The van der Waals surface area contributed by atoms with Gasteiger partial charge in [0.15, 0.2) is 5.78 Å². The molecule has 9 heteroatoms. The maximum absolute atomic E-state index is 14.6. The summed E-state index contributed by atoms with van der Waals surface area (Å²) in [6.45, 7) is 0. The first-order valence-electron chi connectivity index (χ1n) is 11.2. The molecule has 4 aromatic carbocycles. The van der Waals surface area contributed by atoms with E-state index in [0.29, 0.717) is 22.7 Å². The zero-order chi connectivity index (χ0) is 25.5. The van der Waals surface area contributed by atoms with Crippen molar-refractivity contribution >= 4 is 24.7 Å². The fourth-order valence-electron chi connectivity index (χ4n) is 3.55. The van der Waals surface area contributed by atoms with Gasteiger partial charge in [0.05, 0.1) is 4.92 Å². The number of para-hydroxylation sites is 2. The molecular formula is C27H26N3O5P. The maximum atomic E-state index is 14.6. The quantitative estimate of drug-likeness (QED) is 0.140. The summed E-state index contributed by atoms with van der Waals surface area (Å²) in [5.41, 5.74) is 1.89. The highest BCUT2D eigenvalue weighted by molar-refractivity contribution is 7.55. The van der Waals surface area contributed by atoms with Gasteiger partial charge in [-0.3, -0.25) is 10.1 Å². The molecule has 0 spiro atoms. The second kappa shape index (κ2) is 11.0. The standard InChI is InChI=1S/C27H26N3O5P/c1-29(2)23-18-16-21(17-19-23)27(28-22-10-9-11-24(20-22)30(31)32)36(33,34-25-12-5-3-6-13-25)35-26-14-7-4-8-15-26/h3-20,27-28H,1-2H3/t27-/m1/s1. The SMILES string of the molecule is CN(C)c1ccc([C@H](Nc2cccc([N+](=O)[O-])c2)P(=O)(Oc2ccccc2)Oc2ccccc2)cc1. The number of hydrogen-bond acceptors (Lipinski definition) is 7. The summed E-state index contributed by atoms with van der Waals surface area (Å²) < 4.78 is 26.8. The van der Waals surface area contributed by atoms with Crippen LogP contribution >= 0.6 is 7.60 Å². The van der Waals surface area contributed by atoms with Crippen LogP contribution in [0.25, 0.3) is 0 Å². The van der Waals surface area contributed by atoms with E-state index in [4.69, 9.17) is 9.05 Å². The Balaban J connectivity index is 1.82. The van der Waals surface area contributed by atoms with Gasteiger partial charge in [0.25, 0.3) is 5.69 Å². The predicted molar refractivity (Wildman–Crippen MR) is 142 cm³/mol. The van der Waals surface area contributed by atoms with Crippen molar-refractivity contribution in [1.82, 2.24) is 0 Å². The smallest absolute Gasteiger partial charge is 0.414 e. The van der Waals surface area contributed by atoms with Gasteiger partial charge in [0, 0.05) is 37.6 Å². The summed E-state index contributed by atoms with van der Waals surface area (Å²) in [5, 5.41) is 14.5. The van der Waals surface area contributed by atoms with E-state index in [1.54, 1.807) is 60.7 Å². The molecule has 1 atom stereocenters. The lowest BCUT2D eigenvalue weighted by Crippen LogP contribution is -2.18. The average molecular weight is 503 g/mol. The monoisotopic (exact) mass is 503 g/mol. The molecule has 0 bridgehead atoms. The average Bonchev–Trinajstić information content (AvgIpc) is 2.88. The second-order valence-electron chi connectivity index (χ2n) is 8.19. The fraction of sp³-hybridized carbons (Fsp3) is 0.111. The largest absolute Gasteiger partial charge is 0.457 e. The molecule has 36 heavy (non-hydrogen) atoms. The lowest BCUT2D eigenvalue weighted by Gasteiger charge is -2.29. The molecular weight excluding hydrogens is 477 g/mol. The summed E-state index contributed by atoms with van der Waals surface area (Å²) in [7, 11) is -0.180. The van der Waals surface area contributed by atoms with Crippen LogP contribution < -0.4 is 19.3 Å². The molecule has 0 aliphatic rings. The second-order valence-corrected chi connectivity index (χ2v) is 10.2. The summed E-state index contributed by atoms with van der Waals surface area (Å²) in [4.78, 5) is 12.8. The topological polar surface area (TPSA) is 93.9 Å². The van der Waals surface area contributed by atoms with E-state index in [9.17, 15) is 14.7 Å². The number of rotatable bonds is 10. The minimum absolute atomic E-state index is 0.0931. The molecule has 0 aromatic heterocycles. The Morgan fingerprint density at radius 1 is 0.806 bits per heavy atom. The molecule has 8 nitrogen and oxygen atoms in total. The summed E-state index contributed by atoms with van der Waals surface area (Å²) in [6, 6.07) is 31.0. The molecule has 0 saturated heterocycles. The molecule has 0 amide bonds. The van der Waals surface area contributed by atoms with Crippen LogP contribution in [0, 0.1) is 10.1 Å². The number of nitro benzene ring substituents is 1. The molecule has 0 aliphatic carbocycles. The van der Waals surface area contributed by atoms with Crippen molar-refractivity contribution in [3.8, 4) is 11.5 Å². The van der Waals surface area contributed by atoms with Crippen molar-refractivity contribution in [2.45, 2.75) is 5.78 Å². The minimum atomic E-state index is -4.03. The molecule has 0 unspecified atom stereocenters. The highest BCUT2D eigenvalue weighted by Crippen LogP contribution is 2.60. The Kier molecular flexibility index (Phi) is 7.56. The number of non-ortho nitro benzene ring substituents is 1. The first-order valence-corrected chi connectivity index (χ1v) is 12.8. The molecule has 0 fully saturated rings. The Hall–Kier alpha value is -4.29. The Morgan fingerprint density at radius 2 is 1.36 bits per heavy atom. The number of nitrogens with one attached hydrogen (secondary N) is 1. The first-order chi connectivity index (χ1) is 17.3. The maximum Gasteiger partial charge on any atom is 0.457 e. The van der Waals surface area contributed by atoms with Crippen LogP contribution in [0.2, 0.25) is 0 Å². The highest BCUT2D eigenvalue weighted by Gasteiger charge is 2.41. The van der Waals surface area contributed by atoms with Gasteiger partial charge >= 0.3 is 7.60 Å². The molecule has 4 aromatic rings. The fourth-order valence-corrected chi connectivity index (χ4v) is 5.47. The van der Waals surface area contributed by atoms with Gasteiger partial charge < -0.3 is 19.3 Å². The number of benzene rings is 4. The zero-order valence-electron chi connectivity index (χ0n) is 19.9. The molecule has 0 saturated carbocycles. The van der Waals surface area contributed by atoms with E-state index < -0.39 is 18.3 Å². The lowest BCUT2D eigenvalue weighted by atomic mass is 10.2. The third-order valence-electron chi connectivity index (χ3n) is 5.35. The van der Waals surface area contributed by atoms with Gasteiger partial charge in [-0.2, -0.15) is 0 Å². The molecule has 184 valence electrons. The van der Waals surface area contributed by atoms with Gasteiger partial charge in [-0.15, -0.1) is 0 Å². The van der Waals surface area contributed by atoms with Crippen molar-refractivity contribution < 1.29 is 18.5 Å². The van der Waals surface area contributed by atoms with Gasteiger partial charge in [-0.05, 0) is 48.0 Å². The van der Waals surface area contributed by atoms with Crippen molar-refractivity contribution in [2.75, 3.05) is 24.3 Å². The van der Waals surface area contributed by atoms with Crippen LogP contribution in [0.4, 0.5) is 17.1 Å². The summed E-state index contributed by atoms with van der Waals surface area (Å²) in [5.74, 6) is -0.254. The van der Waals surface area contributed by atoms with Gasteiger partial charge in [-0.1, -0.05) is 54.6 Å². The van der Waals surface area contributed by atoms with E-state index in [2.05, 4.69) is 5.32 Å². The molecule has 1 N–H and O–H groups in total. The number of nitro groups is 1. The molecule has 4 rings (SSSR count). The van der Waals surface area contributed by atoms with E-state index in [0.717, 1.165) is 5.69 Å². The Morgan fingerprint density at radius 3 is 1.86 bits per heavy atom. The number of nitrogens with zero attached hydrogens (tertiary/aromatic N) is 2. The third-order valence-corrected chi connectivity index (χ3v) is 7.34. The van der Waals surface area contributed by atoms with Gasteiger partial charge in [-0.25, -0.2) is 4.57 Å². The Bertz CT molecular complexity index is 1300. The number of hydrogen-bond donors (Lipinski definition) is 1. The highest BCUT2D eigenvalue weighted by atomic mass is 31.2. The van der Waals surface area contributed by atoms with E-state index in [1.807, 2.05) is 55.4 Å². The molecule has 0 radical (unpaired) electrons. The lowest BCUT2D eigenvalue weighted by molar-refractivity contribution is -0.384. The Labute approximate surface area is 209 Å². The summed E-state index contributed by atoms with van der Waals surface area (Å²) in [6.07, 6.45) is 0. The van der Waals surface area contributed by atoms with Crippen LogP contribution in [0.1, 0.15) is 11.3 Å².